The molecule has 2 fully saturated rings. The lowest BCUT2D eigenvalue weighted by atomic mass is 9.67. The van der Waals surface area contributed by atoms with Crippen molar-refractivity contribution < 1.29 is 19.5 Å². The van der Waals surface area contributed by atoms with E-state index in [1.165, 1.54) is 12.1 Å². The number of carbonyl (C=O) groups excluding carboxylic acids is 3. The number of aromatic hydroxyl groups is 1. The molecule has 0 radical (unpaired) electrons. The van der Waals surface area contributed by atoms with Gasteiger partial charge in [-0.1, -0.05) is 42.0 Å². The molecule has 0 bridgehead atoms. The van der Waals surface area contributed by atoms with Crippen LogP contribution in [0.25, 0.3) is 0 Å². The maximum Gasteiger partial charge on any atom is 0.254 e. The van der Waals surface area contributed by atoms with Crippen LogP contribution in [0, 0.1) is 17.8 Å². The molecule has 2 aromatic carbocycles. The fourth-order valence-electron chi connectivity index (χ4n) is 6.15. The predicted molar refractivity (Wildman–Crippen MR) is 132 cm³/mol. The minimum atomic E-state index is -0.520. The van der Waals surface area contributed by atoms with E-state index in [2.05, 4.69) is 10.3 Å². The van der Waals surface area contributed by atoms with E-state index in [0.717, 1.165) is 22.3 Å². The monoisotopic (exact) mass is 479 g/mol. The fourth-order valence-corrected chi connectivity index (χ4v) is 6.15. The lowest BCUT2D eigenvalue weighted by Gasteiger charge is -2.35. The number of amides is 3. The first-order valence-electron chi connectivity index (χ1n) is 12.1. The van der Waals surface area contributed by atoms with Gasteiger partial charge in [0.2, 0.25) is 11.8 Å². The summed E-state index contributed by atoms with van der Waals surface area (Å²) in [6.45, 7) is 0.379. The van der Waals surface area contributed by atoms with E-state index < -0.39 is 17.9 Å². The minimum Gasteiger partial charge on any atom is -0.508 e. The number of rotatable bonds is 4. The van der Waals surface area contributed by atoms with E-state index in [1.807, 2.05) is 53.6 Å². The van der Waals surface area contributed by atoms with Gasteiger partial charge in [-0.25, -0.2) is 0 Å². The number of likely N-dealkylation sites (tertiary alicyclic amines) is 1. The van der Waals surface area contributed by atoms with E-state index >= 15 is 0 Å². The summed E-state index contributed by atoms with van der Waals surface area (Å²) in [4.78, 5) is 45.8. The van der Waals surface area contributed by atoms with Crippen LogP contribution < -0.4 is 5.32 Å². The summed E-state index contributed by atoms with van der Waals surface area (Å²) >= 11 is 0. The van der Waals surface area contributed by atoms with Gasteiger partial charge in [0.05, 0.1) is 17.9 Å². The molecule has 180 valence electrons. The molecule has 0 spiro atoms. The van der Waals surface area contributed by atoms with Crippen LogP contribution in [0.4, 0.5) is 0 Å². The second-order valence-electron chi connectivity index (χ2n) is 9.72. The molecule has 3 heterocycles. The van der Waals surface area contributed by atoms with Gasteiger partial charge in [0.1, 0.15) is 5.75 Å². The summed E-state index contributed by atoms with van der Waals surface area (Å²) in [6, 6.07) is 19.5. The first-order valence-corrected chi connectivity index (χ1v) is 12.1. The summed E-state index contributed by atoms with van der Waals surface area (Å²) in [5.41, 5.74) is 4.58. The van der Waals surface area contributed by atoms with Crippen molar-refractivity contribution in [2.24, 2.45) is 17.8 Å². The first kappa shape index (κ1) is 22.2. The Bertz CT molecular complexity index is 1370. The maximum atomic E-state index is 13.8. The Labute approximate surface area is 208 Å². The number of carbonyl (C=O) groups is 3. The van der Waals surface area contributed by atoms with Crippen LogP contribution in [-0.2, 0) is 16.0 Å². The van der Waals surface area contributed by atoms with Gasteiger partial charge < -0.3 is 10.0 Å². The van der Waals surface area contributed by atoms with Crippen molar-refractivity contribution in [2.45, 2.75) is 18.9 Å². The van der Waals surface area contributed by atoms with Crippen LogP contribution in [0.15, 0.2) is 90.3 Å². The molecule has 2 aliphatic heterocycles. The number of imide groups is 1. The van der Waals surface area contributed by atoms with Gasteiger partial charge in [-0.2, -0.15) is 0 Å². The summed E-state index contributed by atoms with van der Waals surface area (Å²) in [5, 5.41) is 12.3. The average molecular weight is 480 g/mol. The van der Waals surface area contributed by atoms with Gasteiger partial charge in [-0.3, -0.25) is 24.7 Å². The van der Waals surface area contributed by atoms with Crippen LogP contribution in [0.5, 0.6) is 5.75 Å². The second-order valence-corrected chi connectivity index (χ2v) is 9.72. The van der Waals surface area contributed by atoms with Crippen molar-refractivity contribution in [3.8, 4) is 5.75 Å². The Kier molecular flexibility index (Phi) is 5.40. The highest BCUT2D eigenvalue weighted by Gasteiger charge is 2.57. The number of phenolic OH excluding ortho intramolecular Hbond substituents is 1. The SMILES string of the molecule is O=C1NC(=O)C2C1CC(Cc1cccnc1)=C1CN(C(=O)c3ccc(O)cc3)C(c3ccccc3)C12. The average Bonchev–Trinajstić information content (AvgIpc) is 3.42. The highest BCUT2D eigenvalue weighted by molar-refractivity contribution is 6.06. The number of hydrogen-bond acceptors (Lipinski definition) is 5. The van der Waals surface area contributed by atoms with E-state index in [0.29, 0.717) is 24.9 Å². The van der Waals surface area contributed by atoms with Crippen LogP contribution in [0.1, 0.15) is 33.9 Å². The van der Waals surface area contributed by atoms with Crippen molar-refractivity contribution in [1.29, 1.82) is 0 Å². The highest BCUT2D eigenvalue weighted by Crippen LogP contribution is 2.54. The summed E-state index contributed by atoms with van der Waals surface area (Å²) in [5.74, 6) is -1.85. The minimum absolute atomic E-state index is 0.0895. The first-order chi connectivity index (χ1) is 17.5. The summed E-state index contributed by atoms with van der Waals surface area (Å²) in [6.07, 6.45) is 4.65. The molecular formula is C29H25N3O4. The zero-order valence-corrected chi connectivity index (χ0v) is 19.5. The van der Waals surface area contributed by atoms with E-state index in [1.54, 1.807) is 18.3 Å². The highest BCUT2D eigenvalue weighted by atomic mass is 16.3. The number of hydrogen-bond donors (Lipinski definition) is 2. The van der Waals surface area contributed by atoms with Crippen LogP contribution in [0.2, 0.25) is 0 Å². The quantitative estimate of drug-likeness (QED) is 0.441. The molecule has 2 N–H and O–H groups in total. The standard InChI is InChI=1S/C29H25N3O4/c33-21-10-8-19(9-11-21)29(36)32-16-23-20(13-17-5-4-12-30-15-17)14-22-25(28(35)31-27(22)34)24(23)26(32)18-6-2-1-3-7-18/h1-12,15,22,24-26,33H,13-14,16H2,(H,31,34,35). The zero-order valence-electron chi connectivity index (χ0n) is 19.5. The third-order valence-corrected chi connectivity index (χ3v) is 7.70. The lowest BCUT2D eigenvalue weighted by molar-refractivity contribution is -0.126. The van der Waals surface area contributed by atoms with Gasteiger partial charge in [0.15, 0.2) is 0 Å². The number of nitrogens with one attached hydrogen (secondary N) is 1. The summed E-state index contributed by atoms with van der Waals surface area (Å²) in [7, 11) is 0. The van der Waals surface area contributed by atoms with Crippen molar-refractivity contribution >= 4 is 17.7 Å². The predicted octanol–water partition coefficient (Wildman–Crippen LogP) is 3.43. The van der Waals surface area contributed by atoms with Crippen LogP contribution in [0.3, 0.4) is 0 Å². The Morgan fingerprint density at radius 2 is 1.75 bits per heavy atom. The Morgan fingerprint density at radius 3 is 2.47 bits per heavy atom. The largest absolute Gasteiger partial charge is 0.508 e. The number of fused-ring (bicyclic) bond motifs is 3. The van der Waals surface area contributed by atoms with Crippen molar-refractivity contribution in [3.05, 3.63) is 107 Å². The van der Waals surface area contributed by atoms with Gasteiger partial charge in [0, 0.05) is 30.4 Å². The van der Waals surface area contributed by atoms with E-state index in [4.69, 9.17) is 0 Å². The van der Waals surface area contributed by atoms with Crippen molar-refractivity contribution in [1.82, 2.24) is 15.2 Å². The number of allylic oxidation sites excluding steroid dienone is 1. The third kappa shape index (κ3) is 3.68. The van der Waals surface area contributed by atoms with Gasteiger partial charge >= 0.3 is 0 Å². The molecule has 1 aromatic heterocycles. The van der Waals surface area contributed by atoms with Crippen molar-refractivity contribution in [3.63, 3.8) is 0 Å². The van der Waals surface area contributed by atoms with Gasteiger partial charge in [-0.15, -0.1) is 0 Å². The Morgan fingerprint density at radius 1 is 0.972 bits per heavy atom. The molecule has 3 aromatic rings. The lowest BCUT2D eigenvalue weighted by Crippen LogP contribution is -2.37. The maximum absolute atomic E-state index is 13.8. The molecule has 6 rings (SSSR count). The molecule has 4 atom stereocenters. The van der Waals surface area contributed by atoms with Crippen LogP contribution in [-0.4, -0.2) is 39.3 Å². The van der Waals surface area contributed by atoms with E-state index in [-0.39, 0.29) is 29.4 Å². The number of pyridine rings is 1. The molecule has 7 nitrogen and oxygen atoms in total. The molecule has 4 unspecified atom stereocenters. The molecule has 3 aliphatic rings. The molecule has 3 amide bonds. The van der Waals surface area contributed by atoms with E-state index in [9.17, 15) is 19.5 Å². The third-order valence-electron chi connectivity index (χ3n) is 7.70. The molecule has 1 aliphatic carbocycles. The second kappa shape index (κ2) is 8.75. The number of phenols is 1. The molecular weight excluding hydrogens is 454 g/mol. The Balaban J connectivity index is 1.50. The fraction of sp³-hybridized carbons (Fsp3) is 0.241. The topological polar surface area (TPSA) is 99.6 Å². The number of aromatic nitrogens is 1. The normalized spacial score (nSPS) is 24.9. The smallest absolute Gasteiger partial charge is 0.254 e. The number of nitrogens with zero attached hydrogens (tertiary/aromatic N) is 2. The molecule has 2 saturated heterocycles. The molecule has 36 heavy (non-hydrogen) atoms. The summed E-state index contributed by atoms with van der Waals surface area (Å²) < 4.78 is 0. The molecule has 0 saturated carbocycles. The molecule has 7 heteroatoms. The van der Waals surface area contributed by atoms with Gasteiger partial charge in [-0.05, 0) is 59.9 Å². The Hall–Kier alpha value is -4.26. The zero-order chi connectivity index (χ0) is 24.8. The van der Waals surface area contributed by atoms with Gasteiger partial charge in [0.25, 0.3) is 5.91 Å². The number of benzene rings is 2. The van der Waals surface area contributed by atoms with Crippen LogP contribution >= 0.6 is 0 Å². The van der Waals surface area contributed by atoms with Crippen molar-refractivity contribution in [2.75, 3.05) is 6.54 Å².